The van der Waals surface area contributed by atoms with Crippen LogP contribution in [-0.2, 0) is 22.7 Å². The van der Waals surface area contributed by atoms with Crippen molar-refractivity contribution in [2.24, 2.45) is 5.92 Å². The summed E-state index contributed by atoms with van der Waals surface area (Å²) in [4.78, 5) is 29.8. The van der Waals surface area contributed by atoms with Gasteiger partial charge < -0.3 is 19.5 Å². The molecule has 2 atom stereocenters. The molecular formula is C24H26N2O5S. The predicted octanol–water partition coefficient (Wildman–Crippen LogP) is 5.09. The van der Waals surface area contributed by atoms with Crippen molar-refractivity contribution in [3.05, 3.63) is 59.1 Å². The van der Waals surface area contributed by atoms with Crippen molar-refractivity contribution in [2.45, 2.75) is 44.9 Å². The fourth-order valence-electron chi connectivity index (χ4n) is 3.94. The molecule has 1 N–H and O–H groups in total. The Balaban J connectivity index is 1.38. The number of aliphatic carboxylic acids is 1. The summed E-state index contributed by atoms with van der Waals surface area (Å²) in [6.45, 7) is 0.553. The summed E-state index contributed by atoms with van der Waals surface area (Å²) in [5.74, 6) is -0.466. The van der Waals surface area contributed by atoms with Crippen LogP contribution in [0.1, 0.15) is 36.3 Å². The third-order valence-corrected chi connectivity index (χ3v) is 6.58. The van der Waals surface area contributed by atoms with E-state index in [0.29, 0.717) is 30.1 Å². The predicted molar refractivity (Wildman–Crippen MR) is 122 cm³/mol. The molecule has 1 saturated carbocycles. The Hall–Kier alpha value is -3.13. The molecule has 7 nitrogen and oxygen atoms in total. The number of carbonyl (C=O) groups excluding carboxylic acids is 1. The van der Waals surface area contributed by atoms with Crippen LogP contribution in [0.3, 0.4) is 0 Å². The highest BCUT2D eigenvalue weighted by atomic mass is 32.1. The van der Waals surface area contributed by atoms with Crippen molar-refractivity contribution in [1.29, 1.82) is 0 Å². The van der Waals surface area contributed by atoms with Gasteiger partial charge in [-0.2, -0.15) is 0 Å². The summed E-state index contributed by atoms with van der Waals surface area (Å²) in [7, 11) is 1.70. The summed E-state index contributed by atoms with van der Waals surface area (Å²) < 4.78 is 12.5. The Kier molecular flexibility index (Phi) is 6.90. The third kappa shape index (κ3) is 5.37. The minimum absolute atomic E-state index is 0.0846. The van der Waals surface area contributed by atoms with Crippen LogP contribution in [0.15, 0.2) is 48.5 Å². The molecule has 8 heteroatoms. The van der Waals surface area contributed by atoms with E-state index >= 15 is 0 Å². The first-order chi connectivity index (χ1) is 15.5. The molecule has 1 aliphatic carbocycles. The number of hydrogen-bond acceptors (Lipinski definition) is 6. The molecule has 2 aromatic carbocycles. The van der Waals surface area contributed by atoms with E-state index in [2.05, 4.69) is 4.98 Å². The molecule has 0 radical (unpaired) electrons. The molecular weight excluding hydrogens is 428 g/mol. The van der Waals surface area contributed by atoms with Crippen LogP contribution < -0.4 is 4.74 Å². The van der Waals surface area contributed by atoms with Crippen LogP contribution in [-0.4, -0.2) is 40.2 Å². The lowest BCUT2D eigenvalue weighted by atomic mass is 9.87. The van der Waals surface area contributed by atoms with E-state index in [0.717, 1.165) is 28.6 Å². The van der Waals surface area contributed by atoms with Crippen LogP contribution >= 0.6 is 11.3 Å². The largest absolute Gasteiger partial charge is 0.488 e. The first kappa shape index (κ1) is 22.1. The van der Waals surface area contributed by atoms with Gasteiger partial charge in [-0.25, -0.2) is 9.78 Å². The van der Waals surface area contributed by atoms with E-state index in [1.807, 2.05) is 48.5 Å². The van der Waals surface area contributed by atoms with Crippen molar-refractivity contribution in [1.82, 2.24) is 9.88 Å². The number of rotatable bonds is 7. The molecule has 0 spiro atoms. The van der Waals surface area contributed by atoms with Gasteiger partial charge in [0.2, 0.25) is 0 Å². The Morgan fingerprint density at radius 1 is 1.16 bits per heavy atom. The standard InChI is InChI=1S/C24H26N2O5S/c1-26(14-16-7-3-2-4-8-16)24(29)30-15-21-25-22-19(11-6-12-20(22)32-21)31-18-10-5-9-17(13-18)23(27)28/h2-4,6-8,11-12,17-18H,5,9-10,13-15H2,1H3,(H,27,28)/t17-,18-/m0/s1. The minimum atomic E-state index is -0.758. The van der Waals surface area contributed by atoms with Gasteiger partial charge in [0.05, 0.1) is 16.7 Å². The number of carboxylic acid groups (broad SMARTS) is 1. The van der Waals surface area contributed by atoms with Gasteiger partial charge in [0.1, 0.15) is 22.9 Å². The van der Waals surface area contributed by atoms with E-state index in [9.17, 15) is 14.7 Å². The lowest BCUT2D eigenvalue weighted by Crippen LogP contribution is -2.29. The molecule has 168 valence electrons. The van der Waals surface area contributed by atoms with Crippen molar-refractivity contribution < 1.29 is 24.2 Å². The van der Waals surface area contributed by atoms with Crippen molar-refractivity contribution in [2.75, 3.05) is 7.05 Å². The minimum Gasteiger partial charge on any atom is -0.488 e. The van der Waals surface area contributed by atoms with Crippen LogP contribution in [0.2, 0.25) is 0 Å². The Morgan fingerprint density at radius 2 is 1.97 bits per heavy atom. The number of carbonyl (C=O) groups is 2. The maximum atomic E-state index is 12.4. The molecule has 1 aliphatic rings. The molecule has 32 heavy (non-hydrogen) atoms. The van der Waals surface area contributed by atoms with E-state index in [1.165, 1.54) is 16.2 Å². The maximum Gasteiger partial charge on any atom is 0.410 e. The van der Waals surface area contributed by atoms with Crippen molar-refractivity contribution in [3.63, 3.8) is 0 Å². The topological polar surface area (TPSA) is 89.0 Å². The van der Waals surface area contributed by atoms with Crippen molar-refractivity contribution >= 4 is 33.6 Å². The number of para-hydroxylation sites is 1. The molecule has 0 bridgehead atoms. The van der Waals surface area contributed by atoms with E-state index in [1.54, 1.807) is 7.05 Å². The van der Waals surface area contributed by atoms with Crippen molar-refractivity contribution in [3.8, 4) is 5.75 Å². The Morgan fingerprint density at radius 3 is 2.75 bits per heavy atom. The second-order valence-corrected chi connectivity index (χ2v) is 9.16. The van der Waals surface area contributed by atoms with Gasteiger partial charge in [-0.15, -0.1) is 11.3 Å². The first-order valence-electron chi connectivity index (χ1n) is 10.7. The SMILES string of the molecule is CN(Cc1ccccc1)C(=O)OCc1nc2c(O[C@H]3CCC[C@H](C(=O)O)C3)cccc2s1. The number of fused-ring (bicyclic) bond motifs is 1. The zero-order chi connectivity index (χ0) is 22.5. The smallest absolute Gasteiger partial charge is 0.410 e. The Bertz CT molecular complexity index is 1080. The average Bonchev–Trinajstić information content (AvgIpc) is 3.22. The zero-order valence-corrected chi connectivity index (χ0v) is 18.7. The van der Waals surface area contributed by atoms with Gasteiger partial charge in [-0.05, 0) is 43.4 Å². The highest BCUT2D eigenvalue weighted by Gasteiger charge is 2.28. The molecule has 0 saturated heterocycles. The zero-order valence-electron chi connectivity index (χ0n) is 17.9. The molecule has 1 aromatic heterocycles. The summed E-state index contributed by atoms with van der Waals surface area (Å²) >= 11 is 1.46. The quantitative estimate of drug-likeness (QED) is 0.535. The molecule has 1 heterocycles. The fourth-order valence-corrected chi connectivity index (χ4v) is 4.84. The number of hydrogen-bond donors (Lipinski definition) is 1. The molecule has 0 unspecified atom stereocenters. The van der Waals surface area contributed by atoms with E-state index in [-0.39, 0.29) is 18.6 Å². The van der Waals surface area contributed by atoms with Crippen LogP contribution in [0.25, 0.3) is 10.2 Å². The maximum absolute atomic E-state index is 12.4. The Labute approximate surface area is 190 Å². The normalized spacial score (nSPS) is 18.3. The number of thiazole rings is 1. The van der Waals surface area contributed by atoms with E-state index in [4.69, 9.17) is 9.47 Å². The van der Waals surface area contributed by atoms with Gasteiger partial charge >= 0.3 is 12.1 Å². The van der Waals surface area contributed by atoms with Gasteiger partial charge in [0, 0.05) is 13.6 Å². The highest BCUT2D eigenvalue weighted by molar-refractivity contribution is 7.18. The first-order valence-corrected chi connectivity index (χ1v) is 11.5. The van der Waals surface area contributed by atoms with Crippen LogP contribution in [0.4, 0.5) is 4.79 Å². The average molecular weight is 455 g/mol. The molecule has 1 amide bonds. The van der Waals surface area contributed by atoms with Gasteiger partial charge in [-0.1, -0.05) is 36.4 Å². The lowest BCUT2D eigenvalue weighted by molar-refractivity contribution is -0.143. The molecule has 3 aromatic rings. The fraction of sp³-hybridized carbons (Fsp3) is 0.375. The number of aromatic nitrogens is 1. The molecule has 0 aliphatic heterocycles. The number of amides is 1. The number of benzene rings is 2. The monoisotopic (exact) mass is 454 g/mol. The third-order valence-electron chi connectivity index (χ3n) is 5.59. The van der Waals surface area contributed by atoms with E-state index < -0.39 is 12.1 Å². The van der Waals surface area contributed by atoms with Crippen LogP contribution in [0, 0.1) is 5.92 Å². The lowest BCUT2D eigenvalue weighted by Gasteiger charge is -2.27. The molecule has 4 rings (SSSR count). The summed E-state index contributed by atoms with van der Waals surface area (Å²) in [5.41, 5.74) is 1.75. The highest BCUT2D eigenvalue weighted by Crippen LogP contribution is 2.34. The van der Waals surface area contributed by atoms with Crippen LogP contribution in [0.5, 0.6) is 5.75 Å². The number of ether oxygens (including phenoxy) is 2. The second-order valence-electron chi connectivity index (χ2n) is 8.05. The van der Waals surface area contributed by atoms with Gasteiger partial charge in [-0.3, -0.25) is 4.79 Å². The summed E-state index contributed by atoms with van der Waals surface area (Å²) in [6.07, 6.45) is 2.34. The second kappa shape index (κ2) is 9.99. The summed E-state index contributed by atoms with van der Waals surface area (Å²) in [6, 6.07) is 15.4. The number of carboxylic acids is 1. The molecule has 1 fully saturated rings. The number of nitrogens with zero attached hydrogens (tertiary/aromatic N) is 2. The van der Waals surface area contributed by atoms with Gasteiger partial charge in [0.15, 0.2) is 0 Å². The summed E-state index contributed by atoms with van der Waals surface area (Å²) in [5, 5.41) is 10.00. The van der Waals surface area contributed by atoms with Gasteiger partial charge in [0.25, 0.3) is 0 Å².